The van der Waals surface area contributed by atoms with Gasteiger partial charge in [-0.2, -0.15) is 0 Å². The molecule has 4 aromatic rings. The molecule has 4 rings (SSSR count). The van der Waals surface area contributed by atoms with E-state index in [4.69, 9.17) is 4.74 Å². The van der Waals surface area contributed by atoms with Crippen LogP contribution in [0.25, 0.3) is 4.13 Å². The molecular formula is C29H29NO3S2. The summed E-state index contributed by atoms with van der Waals surface area (Å²) in [6.45, 7) is 4.37. The minimum atomic E-state index is -3.85. The van der Waals surface area contributed by atoms with E-state index >= 15 is 0 Å². The van der Waals surface area contributed by atoms with Crippen molar-refractivity contribution in [2.75, 3.05) is 5.75 Å². The van der Waals surface area contributed by atoms with Crippen LogP contribution in [0.4, 0.5) is 0 Å². The van der Waals surface area contributed by atoms with Gasteiger partial charge in [0.2, 0.25) is 0 Å². The van der Waals surface area contributed by atoms with Gasteiger partial charge in [0, 0.05) is 0 Å². The second-order valence-electron chi connectivity index (χ2n) is 8.40. The fourth-order valence-electron chi connectivity index (χ4n) is 3.56. The van der Waals surface area contributed by atoms with Crippen molar-refractivity contribution in [3.63, 3.8) is 0 Å². The normalized spacial score (nSPS) is 13.3. The lowest BCUT2D eigenvalue weighted by atomic mass is 10.1. The minimum Gasteiger partial charge on any atom is -0.364 e. The Labute approximate surface area is 211 Å². The summed E-state index contributed by atoms with van der Waals surface area (Å²) in [6.07, 6.45) is -0.321. The van der Waals surface area contributed by atoms with Crippen molar-refractivity contribution in [2.24, 2.45) is 0 Å². The zero-order chi connectivity index (χ0) is 24.7. The quantitative estimate of drug-likeness (QED) is 0.221. The monoisotopic (exact) mass is 503 g/mol. The Morgan fingerprint density at radius 3 is 1.89 bits per heavy atom. The molecule has 0 fully saturated rings. The van der Waals surface area contributed by atoms with Crippen molar-refractivity contribution in [2.45, 2.75) is 36.3 Å². The van der Waals surface area contributed by atoms with Crippen LogP contribution in [0.3, 0.4) is 0 Å². The van der Waals surface area contributed by atoms with Crippen molar-refractivity contribution in [3.8, 4) is 0 Å². The maximum Gasteiger partial charge on any atom is 0.143 e. The fourth-order valence-corrected chi connectivity index (χ4v) is 7.14. The Bertz CT molecular complexity index is 1310. The Hall–Kier alpha value is -2.90. The second-order valence-corrected chi connectivity index (χ2v) is 12.0. The molecule has 0 N–H and O–H groups in total. The van der Waals surface area contributed by atoms with Crippen molar-refractivity contribution in [1.82, 2.24) is 0 Å². The third kappa shape index (κ3) is 7.05. The highest BCUT2D eigenvalue weighted by atomic mass is 32.3. The number of aryl methyl sites for hydroxylation is 2. The number of ether oxygens (including phenoxy) is 1. The summed E-state index contributed by atoms with van der Waals surface area (Å²) >= 11 is -0.948. The Kier molecular flexibility index (Phi) is 8.42. The first-order valence-electron chi connectivity index (χ1n) is 11.4. The Morgan fingerprint density at radius 1 is 0.743 bits per heavy atom. The molecule has 6 heteroatoms. The zero-order valence-corrected chi connectivity index (χ0v) is 21.5. The molecule has 4 nitrogen and oxygen atoms in total. The van der Waals surface area contributed by atoms with E-state index in [0.717, 1.165) is 27.1 Å². The maximum atomic E-state index is 13.3. The standard InChI is InChI=1S/C29H29NO3S2/c1-23-13-17-27(18-14-23)34(30-35(31,32)28-19-15-24(2)16-20-28)22-29(26-11-7-4-8-12-26)33-21-25-9-5-3-6-10-25/h3-20,29H,21-22H2,1-2H3/t29-,34?/m1/s1. The van der Waals surface area contributed by atoms with Gasteiger partial charge in [-0.3, -0.25) is 0 Å². The van der Waals surface area contributed by atoms with Gasteiger partial charge in [-0.15, -0.1) is 0 Å². The van der Waals surface area contributed by atoms with Crippen LogP contribution in [0, 0.1) is 13.8 Å². The summed E-state index contributed by atoms with van der Waals surface area (Å²) in [5.74, 6) is 0.422. The topological polar surface area (TPSA) is 57.5 Å². The van der Waals surface area contributed by atoms with E-state index < -0.39 is 21.1 Å². The highest BCUT2D eigenvalue weighted by molar-refractivity contribution is 8.14. The Morgan fingerprint density at radius 2 is 1.29 bits per heavy atom. The number of nitrogens with zero attached hydrogens (tertiary/aromatic N) is 1. The van der Waals surface area contributed by atoms with Gasteiger partial charge in [-0.05, 0) is 60.3 Å². The summed E-state index contributed by atoms with van der Waals surface area (Å²) in [4.78, 5) is 1.07. The molecule has 35 heavy (non-hydrogen) atoms. The van der Waals surface area contributed by atoms with Crippen LogP contribution in [0.5, 0.6) is 0 Å². The first kappa shape index (κ1) is 25.2. The number of benzene rings is 4. The largest absolute Gasteiger partial charge is 0.364 e. The number of rotatable bonds is 10. The van der Waals surface area contributed by atoms with Crippen molar-refractivity contribution < 1.29 is 13.2 Å². The first-order chi connectivity index (χ1) is 16.9. The molecule has 0 radical (unpaired) electrons. The number of hydrogen-bond donors (Lipinski definition) is 0. The van der Waals surface area contributed by atoms with Gasteiger partial charge in [0.1, 0.15) is 26.8 Å². The zero-order valence-electron chi connectivity index (χ0n) is 19.9. The summed E-state index contributed by atoms with van der Waals surface area (Å²) in [5.41, 5.74) is 4.17. The Balaban J connectivity index is 1.64. The van der Waals surface area contributed by atoms with Crippen molar-refractivity contribution >= 4 is 21.1 Å². The lowest BCUT2D eigenvalue weighted by Gasteiger charge is -2.26. The smallest absolute Gasteiger partial charge is 0.143 e. The van der Waals surface area contributed by atoms with Gasteiger partial charge >= 0.3 is 0 Å². The highest BCUT2D eigenvalue weighted by Gasteiger charge is 2.26. The van der Waals surface area contributed by atoms with Crippen LogP contribution >= 0.6 is 0 Å². The summed E-state index contributed by atoms with van der Waals surface area (Å²) in [6, 6.07) is 34.6. The van der Waals surface area contributed by atoms with E-state index in [1.807, 2.05) is 98.8 Å². The second kappa shape index (κ2) is 11.7. The van der Waals surface area contributed by atoms with Crippen LogP contribution in [0.1, 0.15) is 28.4 Å². The highest BCUT2D eigenvalue weighted by Crippen LogP contribution is 2.33. The third-order valence-electron chi connectivity index (χ3n) is 5.57. The van der Waals surface area contributed by atoms with Crippen LogP contribution in [0.15, 0.2) is 119 Å². The van der Waals surface area contributed by atoms with E-state index in [2.05, 4.69) is 4.13 Å². The molecule has 0 aliphatic rings. The molecule has 4 aromatic carbocycles. The third-order valence-corrected chi connectivity index (χ3v) is 9.38. The molecule has 0 bridgehead atoms. The molecule has 0 spiro atoms. The predicted molar refractivity (Wildman–Crippen MR) is 144 cm³/mol. The SMILES string of the molecule is Cc1ccc([S+](C[C@@H](OCc2ccccc2)c2ccccc2)[N-]S(=O)(=O)c2ccc(C)cc2)cc1. The van der Waals surface area contributed by atoms with E-state index in [0.29, 0.717) is 12.4 Å². The molecule has 0 saturated carbocycles. The lowest BCUT2D eigenvalue weighted by molar-refractivity contribution is 0.0555. The van der Waals surface area contributed by atoms with E-state index in [1.54, 1.807) is 24.3 Å². The van der Waals surface area contributed by atoms with Gasteiger partial charge < -0.3 is 8.86 Å². The number of hydrogen-bond acceptors (Lipinski definition) is 3. The predicted octanol–water partition coefficient (Wildman–Crippen LogP) is 6.92. The molecule has 0 saturated heterocycles. The average Bonchev–Trinajstić information content (AvgIpc) is 2.87. The molecular weight excluding hydrogens is 474 g/mol. The molecule has 0 heterocycles. The van der Waals surface area contributed by atoms with E-state index in [1.165, 1.54) is 0 Å². The molecule has 0 amide bonds. The van der Waals surface area contributed by atoms with E-state index in [-0.39, 0.29) is 11.0 Å². The van der Waals surface area contributed by atoms with Gasteiger partial charge in [0.25, 0.3) is 0 Å². The summed E-state index contributed by atoms with van der Waals surface area (Å²) < 4.78 is 37.4. The minimum absolute atomic E-state index is 0.203. The molecule has 180 valence electrons. The number of sulfonamides is 1. The van der Waals surface area contributed by atoms with Gasteiger partial charge in [-0.1, -0.05) is 96.1 Å². The van der Waals surface area contributed by atoms with E-state index in [9.17, 15) is 8.42 Å². The average molecular weight is 504 g/mol. The van der Waals surface area contributed by atoms with Crippen LogP contribution in [-0.2, 0) is 32.4 Å². The molecule has 0 aliphatic carbocycles. The first-order valence-corrected chi connectivity index (χ1v) is 14.2. The van der Waals surface area contributed by atoms with Gasteiger partial charge in [0.05, 0.1) is 11.5 Å². The summed E-state index contributed by atoms with van der Waals surface area (Å²) in [5, 5.41) is 0. The van der Waals surface area contributed by atoms with Crippen LogP contribution in [-0.4, -0.2) is 14.2 Å². The fraction of sp³-hybridized carbons (Fsp3) is 0.172. The maximum absolute atomic E-state index is 13.3. The summed E-state index contributed by atoms with van der Waals surface area (Å²) in [7, 11) is -3.85. The lowest BCUT2D eigenvalue weighted by Crippen LogP contribution is -2.20. The van der Waals surface area contributed by atoms with Gasteiger partial charge in [-0.25, -0.2) is 8.42 Å². The van der Waals surface area contributed by atoms with Gasteiger partial charge in [0.15, 0.2) is 0 Å². The molecule has 0 aliphatic heterocycles. The molecule has 0 aromatic heterocycles. The van der Waals surface area contributed by atoms with Crippen LogP contribution in [0.2, 0.25) is 0 Å². The van der Waals surface area contributed by atoms with Crippen LogP contribution < -0.4 is 0 Å². The van der Waals surface area contributed by atoms with Crippen molar-refractivity contribution in [3.05, 3.63) is 136 Å². The molecule has 2 atom stereocenters. The molecule has 1 unspecified atom stereocenters. The van der Waals surface area contributed by atoms with Crippen molar-refractivity contribution in [1.29, 1.82) is 0 Å².